The van der Waals surface area contributed by atoms with Gasteiger partial charge in [0.2, 0.25) is 0 Å². The number of pyridine rings is 1. The van der Waals surface area contributed by atoms with Gasteiger partial charge in [0.25, 0.3) is 0 Å². The number of carbonyl (C=O) groups is 1. The molecule has 0 bridgehead atoms. The SMILES string of the molecule is CC(=O)C1=C(C)C(C)c2c(ccc3ncccc23)N1C. The molecule has 0 spiro atoms. The molecule has 3 heteroatoms. The van der Waals surface area contributed by atoms with Gasteiger partial charge in [0.15, 0.2) is 5.78 Å². The third kappa shape index (κ3) is 1.66. The molecule has 0 saturated carbocycles. The van der Waals surface area contributed by atoms with Crippen molar-refractivity contribution in [1.29, 1.82) is 0 Å². The van der Waals surface area contributed by atoms with Crippen LogP contribution in [0.15, 0.2) is 41.7 Å². The lowest BCUT2D eigenvalue weighted by Crippen LogP contribution is -2.29. The number of Topliss-reactive ketones (excluding diaryl/α,β-unsaturated/α-hetero) is 1. The number of ketones is 1. The zero-order valence-corrected chi connectivity index (χ0v) is 12.3. The van der Waals surface area contributed by atoms with Gasteiger partial charge in [-0.25, -0.2) is 0 Å². The number of fused-ring (bicyclic) bond motifs is 3. The Labute approximate surface area is 118 Å². The van der Waals surface area contributed by atoms with Crippen molar-refractivity contribution in [3.05, 3.63) is 47.3 Å². The van der Waals surface area contributed by atoms with E-state index in [0.717, 1.165) is 22.5 Å². The number of nitrogens with zero attached hydrogens (tertiary/aromatic N) is 2. The smallest absolute Gasteiger partial charge is 0.176 e. The zero-order valence-electron chi connectivity index (χ0n) is 12.3. The molecule has 0 N–H and O–H groups in total. The van der Waals surface area contributed by atoms with Crippen LogP contribution in [0.5, 0.6) is 0 Å². The monoisotopic (exact) mass is 266 g/mol. The summed E-state index contributed by atoms with van der Waals surface area (Å²) < 4.78 is 0. The lowest BCUT2D eigenvalue weighted by atomic mass is 9.84. The van der Waals surface area contributed by atoms with Crippen molar-refractivity contribution in [2.24, 2.45) is 0 Å². The van der Waals surface area contributed by atoms with Crippen molar-refractivity contribution in [2.75, 3.05) is 11.9 Å². The Bertz CT molecular complexity index is 746. The van der Waals surface area contributed by atoms with Crippen molar-refractivity contribution >= 4 is 22.4 Å². The van der Waals surface area contributed by atoms with Gasteiger partial charge in [-0.3, -0.25) is 9.78 Å². The molecule has 102 valence electrons. The quantitative estimate of drug-likeness (QED) is 0.790. The van der Waals surface area contributed by atoms with Crippen LogP contribution >= 0.6 is 0 Å². The fourth-order valence-electron chi connectivity index (χ4n) is 3.23. The van der Waals surface area contributed by atoms with Gasteiger partial charge in [0.1, 0.15) is 0 Å². The zero-order chi connectivity index (χ0) is 14.4. The number of rotatable bonds is 1. The molecule has 1 aliphatic rings. The largest absolute Gasteiger partial charge is 0.342 e. The molecule has 2 aromatic rings. The Kier molecular flexibility index (Phi) is 2.85. The highest BCUT2D eigenvalue weighted by Gasteiger charge is 2.29. The summed E-state index contributed by atoms with van der Waals surface area (Å²) in [5, 5.41) is 1.17. The number of carbonyl (C=O) groups excluding carboxylic acids is 1. The maximum atomic E-state index is 11.9. The maximum Gasteiger partial charge on any atom is 0.176 e. The van der Waals surface area contributed by atoms with Crippen LogP contribution in [0, 0.1) is 0 Å². The summed E-state index contributed by atoms with van der Waals surface area (Å²) in [6, 6.07) is 8.17. The molecule has 2 heterocycles. The predicted molar refractivity (Wildman–Crippen MR) is 81.9 cm³/mol. The average Bonchev–Trinajstić information content (AvgIpc) is 2.43. The molecule has 3 nitrogen and oxygen atoms in total. The van der Waals surface area contributed by atoms with Crippen LogP contribution in [0.4, 0.5) is 5.69 Å². The van der Waals surface area contributed by atoms with Crippen molar-refractivity contribution in [2.45, 2.75) is 26.7 Å². The summed E-state index contributed by atoms with van der Waals surface area (Å²) in [4.78, 5) is 18.4. The minimum atomic E-state index is 0.119. The Hall–Kier alpha value is -2.16. The summed E-state index contributed by atoms with van der Waals surface area (Å²) >= 11 is 0. The summed E-state index contributed by atoms with van der Waals surface area (Å²) in [5.74, 6) is 0.349. The third-order valence-electron chi connectivity index (χ3n) is 4.29. The van der Waals surface area contributed by atoms with E-state index in [-0.39, 0.29) is 11.7 Å². The molecule has 0 saturated heterocycles. The molecular formula is C17H18N2O. The molecule has 1 unspecified atom stereocenters. The Morgan fingerprint density at radius 1 is 1.30 bits per heavy atom. The molecule has 0 fully saturated rings. The van der Waals surface area contributed by atoms with Crippen LogP contribution in [0.3, 0.4) is 0 Å². The van der Waals surface area contributed by atoms with E-state index in [1.165, 1.54) is 10.9 Å². The van der Waals surface area contributed by atoms with E-state index in [0.29, 0.717) is 0 Å². The van der Waals surface area contributed by atoms with Gasteiger partial charge in [-0.05, 0) is 36.3 Å². The summed E-state index contributed by atoms with van der Waals surface area (Å²) in [5.41, 5.74) is 5.32. The van der Waals surface area contributed by atoms with Gasteiger partial charge in [-0.1, -0.05) is 13.0 Å². The second kappa shape index (κ2) is 4.44. The molecule has 1 aliphatic heterocycles. The first kappa shape index (κ1) is 12.9. The lowest BCUT2D eigenvalue weighted by Gasteiger charge is -2.34. The van der Waals surface area contributed by atoms with E-state index < -0.39 is 0 Å². The summed E-state index contributed by atoms with van der Waals surface area (Å²) in [6.07, 6.45) is 1.82. The number of likely N-dealkylation sites (N-methyl/N-ethyl adjacent to an activating group) is 1. The van der Waals surface area contributed by atoms with Crippen LogP contribution in [-0.2, 0) is 4.79 Å². The standard InChI is InChI=1S/C17H18N2O/c1-10-11(2)17(12(3)20)19(4)15-8-7-14-13(16(10)15)6-5-9-18-14/h5-10H,1-4H3. The predicted octanol–water partition coefficient (Wildman–Crippen LogP) is 3.65. The highest BCUT2D eigenvalue weighted by Crippen LogP contribution is 2.43. The molecule has 20 heavy (non-hydrogen) atoms. The Morgan fingerprint density at radius 2 is 2.05 bits per heavy atom. The topological polar surface area (TPSA) is 33.2 Å². The Balaban J connectivity index is 2.34. The van der Waals surface area contributed by atoms with Crippen LogP contribution in [0.2, 0.25) is 0 Å². The van der Waals surface area contributed by atoms with Gasteiger partial charge in [-0.15, -0.1) is 0 Å². The summed E-state index contributed by atoms with van der Waals surface area (Å²) in [7, 11) is 1.97. The first-order valence-electron chi connectivity index (χ1n) is 6.85. The van der Waals surface area contributed by atoms with E-state index in [2.05, 4.69) is 31.0 Å². The second-order valence-corrected chi connectivity index (χ2v) is 5.44. The Morgan fingerprint density at radius 3 is 2.75 bits per heavy atom. The van der Waals surface area contributed by atoms with Gasteiger partial charge in [0.05, 0.1) is 11.2 Å². The van der Waals surface area contributed by atoms with Crippen LogP contribution < -0.4 is 4.90 Å². The normalized spacial score (nSPS) is 18.4. The molecule has 0 aliphatic carbocycles. The first-order chi connectivity index (χ1) is 9.52. The van der Waals surface area contributed by atoms with Gasteiger partial charge in [0, 0.05) is 37.2 Å². The van der Waals surface area contributed by atoms with Gasteiger partial charge < -0.3 is 4.90 Å². The number of hydrogen-bond donors (Lipinski definition) is 0. The minimum Gasteiger partial charge on any atom is -0.342 e. The molecule has 0 amide bonds. The molecule has 0 radical (unpaired) electrons. The number of anilines is 1. The van der Waals surface area contributed by atoms with E-state index in [1.807, 2.05) is 30.3 Å². The third-order valence-corrected chi connectivity index (χ3v) is 4.29. The second-order valence-electron chi connectivity index (χ2n) is 5.44. The van der Waals surface area contributed by atoms with Crippen LogP contribution in [0.1, 0.15) is 32.3 Å². The maximum absolute atomic E-state index is 11.9. The highest BCUT2D eigenvalue weighted by molar-refractivity contribution is 6.01. The number of allylic oxidation sites excluding steroid dienone is 2. The number of aromatic nitrogens is 1. The lowest BCUT2D eigenvalue weighted by molar-refractivity contribution is -0.113. The molecule has 1 atom stereocenters. The summed E-state index contributed by atoms with van der Waals surface area (Å²) in [6.45, 7) is 5.85. The van der Waals surface area contributed by atoms with Crippen molar-refractivity contribution in [3.8, 4) is 0 Å². The first-order valence-corrected chi connectivity index (χ1v) is 6.85. The van der Waals surface area contributed by atoms with E-state index in [1.54, 1.807) is 6.92 Å². The van der Waals surface area contributed by atoms with Crippen molar-refractivity contribution in [1.82, 2.24) is 4.98 Å². The highest BCUT2D eigenvalue weighted by atomic mass is 16.1. The van der Waals surface area contributed by atoms with Crippen LogP contribution in [0.25, 0.3) is 10.9 Å². The molecular weight excluding hydrogens is 248 g/mol. The average molecular weight is 266 g/mol. The van der Waals surface area contributed by atoms with Crippen molar-refractivity contribution < 1.29 is 4.79 Å². The minimum absolute atomic E-state index is 0.119. The molecule has 1 aromatic carbocycles. The van der Waals surface area contributed by atoms with Gasteiger partial charge in [-0.2, -0.15) is 0 Å². The number of hydrogen-bond acceptors (Lipinski definition) is 3. The number of benzene rings is 1. The van der Waals surface area contributed by atoms with Gasteiger partial charge >= 0.3 is 0 Å². The van der Waals surface area contributed by atoms with E-state index >= 15 is 0 Å². The fourth-order valence-corrected chi connectivity index (χ4v) is 3.23. The van der Waals surface area contributed by atoms with Crippen LogP contribution in [-0.4, -0.2) is 17.8 Å². The molecule has 1 aromatic heterocycles. The fraction of sp³-hybridized carbons (Fsp3) is 0.294. The van der Waals surface area contributed by atoms with E-state index in [9.17, 15) is 4.79 Å². The molecule has 3 rings (SSSR count). The van der Waals surface area contributed by atoms with Crippen molar-refractivity contribution in [3.63, 3.8) is 0 Å². The van der Waals surface area contributed by atoms with E-state index in [4.69, 9.17) is 0 Å².